The van der Waals surface area contributed by atoms with Crippen molar-refractivity contribution in [1.29, 1.82) is 0 Å². The number of nitrogens with one attached hydrogen (secondary N) is 5. The maximum Gasteiger partial charge on any atom is 0.327 e. The lowest BCUT2D eigenvalue weighted by atomic mass is 9.94. The van der Waals surface area contributed by atoms with Crippen LogP contribution in [0.1, 0.15) is 86.1 Å². The Labute approximate surface area is 420 Å². The average Bonchev–Trinajstić information content (AvgIpc) is 3.31. The molecule has 1 aromatic rings. The highest BCUT2D eigenvalue weighted by Gasteiger charge is 2.36. The zero-order valence-corrected chi connectivity index (χ0v) is 42.7. The van der Waals surface area contributed by atoms with Crippen LogP contribution >= 0.6 is 0 Å². The summed E-state index contributed by atoms with van der Waals surface area (Å²) < 4.78 is 5.80. The standard InChI is InChI=1S/C49H76N10O13/c1-26(2)23-34(50)44(64)58-40(48(70)71)30(6)42(62)56-36(17-14-22-53-49(51)52)45(65)55-35(19-18-27(3)24-28(4)38(72-10)25-33-15-12-11-13-16-33)29(5)41(61)57-37(47(68)69)20-21-39(60)59(9)32(8)43(63)54-31(7)46(66)67/h11-13,15-16,18-19,24,26,28-31,34-38,40H,8,14,17,20-23,25,50H2,1-7,9-10H3,(H,54,63)(H,55,65)(H,56,62)(H,57,61)(H,58,64)(H,66,67)(H,68,69)(H,70,71)(H4,51,52,53)/t28-,29-,30-,31+,34-,35-,36-,37+,38-,40+/m0/s1. The van der Waals surface area contributed by atoms with E-state index in [1.54, 1.807) is 20.1 Å². The molecule has 23 nitrogen and oxygen atoms in total. The summed E-state index contributed by atoms with van der Waals surface area (Å²) in [5.41, 5.74) is 18.3. The van der Waals surface area contributed by atoms with Crippen LogP contribution in [0.15, 0.2) is 71.4 Å². The first-order chi connectivity index (χ1) is 33.6. The maximum absolute atomic E-state index is 14.3. The first-order valence-electron chi connectivity index (χ1n) is 23.5. The SMILES string of the molecule is C=C(C(=O)N[C@H](C)C(=O)O)N(C)C(=O)CC[C@@H](NC(=O)[C@@H](C)[C@H](C=CC(C)=C[C@H](C)[C@H](Cc1ccccc1)OC)NC(=O)[C@H](CCCN=C(N)N)NC(=O)[C@@H](C)[C@@H](NC(=O)[C@@H](N)CC(C)C)C(=O)O)C(=O)O. The monoisotopic (exact) mass is 1010 g/mol. The van der Waals surface area contributed by atoms with Crippen molar-refractivity contribution < 1.29 is 63.2 Å². The Morgan fingerprint density at radius 2 is 1.38 bits per heavy atom. The molecule has 0 fully saturated rings. The zero-order chi connectivity index (χ0) is 55.0. The van der Waals surface area contributed by atoms with Crippen molar-refractivity contribution in [3.8, 4) is 0 Å². The summed E-state index contributed by atoms with van der Waals surface area (Å²) in [6.45, 7) is 14.8. The number of carboxylic acid groups (broad SMARTS) is 3. The molecule has 0 radical (unpaired) electrons. The summed E-state index contributed by atoms with van der Waals surface area (Å²) in [5, 5.41) is 41.5. The van der Waals surface area contributed by atoms with E-state index in [4.69, 9.17) is 27.0 Å². The van der Waals surface area contributed by atoms with Crippen LogP contribution in [0.25, 0.3) is 0 Å². The van der Waals surface area contributed by atoms with Crippen LogP contribution in [-0.4, -0.2) is 143 Å². The smallest absolute Gasteiger partial charge is 0.327 e. The molecule has 0 saturated carbocycles. The highest BCUT2D eigenvalue weighted by Crippen LogP contribution is 2.19. The number of nitrogens with zero attached hydrogens (tertiary/aromatic N) is 2. The molecule has 0 unspecified atom stereocenters. The molecule has 0 aliphatic heterocycles. The molecule has 23 heteroatoms. The Morgan fingerprint density at radius 3 is 1.92 bits per heavy atom. The molecule has 400 valence electrons. The van der Waals surface area contributed by atoms with E-state index in [0.717, 1.165) is 10.5 Å². The number of hydrogen-bond acceptors (Lipinski definition) is 12. The Balaban J connectivity index is 3.62. The van der Waals surface area contributed by atoms with Gasteiger partial charge >= 0.3 is 17.9 Å². The third-order valence-corrected chi connectivity index (χ3v) is 11.7. The number of ether oxygens (including phenoxy) is 1. The lowest BCUT2D eigenvalue weighted by molar-refractivity contribution is -0.146. The molecule has 0 aromatic heterocycles. The van der Waals surface area contributed by atoms with Gasteiger partial charge in [-0.05, 0) is 57.4 Å². The van der Waals surface area contributed by atoms with E-state index < -0.39 is 120 Å². The van der Waals surface area contributed by atoms with E-state index in [1.807, 2.05) is 57.2 Å². The lowest BCUT2D eigenvalue weighted by Gasteiger charge is -2.28. The molecule has 0 saturated heterocycles. The van der Waals surface area contributed by atoms with Gasteiger partial charge in [-0.3, -0.25) is 38.6 Å². The Bertz CT molecular complexity index is 2140. The second kappa shape index (κ2) is 31.2. The van der Waals surface area contributed by atoms with Crippen LogP contribution in [0, 0.1) is 23.7 Å². The lowest BCUT2D eigenvalue weighted by Crippen LogP contribution is -2.57. The van der Waals surface area contributed by atoms with Gasteiger partial charge in [-0.25, -0.2) is 9.59 Å². The second-order valence-corrected chi connectivity index (χ2v) is 18.1. The fourth-order valence-corrected chi connectivity index (χ4v) is 7.07. The number of guanidine groups is 1. The Hall–Kier alpha value is -7.14. The van der Waals surface area contributed by atoms with Gasteiger partial charge in [-0.15, -0.1) is 0 Å². The van der Waals surface area contributed by atoms with E-state index in [9.17, 15) is 53.4 Å². The molecular weight excluding hydrogens is 937 g/mol. The highest BCUT2D eigenvalue weighted by atomic mass is 16.5. The largest absolute Gasteiger partial charge is 0.480 e. The van der Waals surface area contributed by atoms with E-state index in [-0.39, 0.29) is 49.7 Å². The fraction of sp³-hybridized carbons (Fsp3) is 0.551. The number of aliphatic imine (C=N–C) groups is 1. The molecule has 10 atom stereocenters. The van der Waals surface area contributed by atoms with Crippen LogP contribution in [-0.2, 0) is 54.3 Å². The first kappa shape index (κ1) is 62.9. The topological polar surface area (TPSA) is 377 Å². The minimum absolute atomic E-state index is 0.00572. The summed E-state index contributed by atoms with van der Waals surface area (Å²) in [6.07, 6.45) is 4.74. The third kappa shape index (κ3) is 22.3. The molecule has 1 aromatic carbocycles. The van der Waals surface area contributed by atoms with Crippen LogP contribution in [0.5, 0.6) is 0 Å². The predicted molar refractivity (Wildman–Crippen MR) is 268 cm³/mol. The molecule has 72 heavy (non-hydrogen) atoms. The summed E-state index contributed by atoms with van der Waals surface area (Å²) in [6, 6.07) is 1.35. The molecule has 0 bridgehead atoms. The number of aliphatic carboxylic acids is 3. The van der Waals surface area contributed by atoms with Gasteiger partial charge in [0.1, 0.15) is 29.9 Å². The number of amides is 6. The molecule has 0 heterocycles. The molecule has 0 aliphatic carbocycles. The molecule has 14 N–H and O–H groups in total. The molecule has 0 spiro atoms. The van der Waals surface area contributed by atoms with Gasteiger partial charge in [0.2, 0.25) is 29.5 Å². The van der Waals surface area contributed by atoms with Gasteiger partial charge in [0.15, 0.2) is 5.96 Å². The number of nitrogens with two attached hydrogens (primary N) is 3. The third-order valence-electron chi connectivity index (χ3n) is 11.7. The molecule has 6 amide bonds. The minimum Gasteiger partial charge on any atom is -0.480 e. The maximum atomic E-state index is 14.3. The quantitative estimate of drug-likeness (QED) is 0.0154. The van der Waals surface area contributed by atoms with E-state index in [0.29, 0.717) is 12.0 Å². The normalized spacial score (nSPS) is 15.7. The number of hydrogen-bond donors (Lipinski definition) is 11. The van der Waals surface area contributed by atoms with Gasteiger partial charge in [-0.1, -0.05) is 95.3 Å². The predicted octanol–water partition coefficient (Wildman–Crippen LogP) is 0.532. The van der Waals surface area contributed by atoms with Gasteiger partial charge in [0, 0.05) is 33.0 Å². The van der Waals surface area contributed by atoms with Crippen molar-refractivity contribution in [2.24, 2.45) is 45.9 Å². The number of benzene rings is 1. The van der Waals surface area contributed by atoms with Crippen molar-refractivity contribution in [2.45, 2.75) is 129 Å². The average molecular weight is 1010 g/mol. The number of carbonyl (C=O) groups is 9. The van der Waals surface area contributed by atoms with Crippen molar-refractivity contribution in [3.63, 3.8) is 0 Å². The number of carboxylic acids is 3. The minimum atomic E-state index is -1.74. The van der Waals surface area contributed by atoms with Crippen molar-refractivity contribution in [2.75, 3.05) is 20.7 Å². The summed E-state index contributed by atoms with van der Waals surface area (Å²) in [4.78, 5) is 121. The van der Waals surface area contributed by atoms with Gasteiger partial charge in [-0.2, -0.15) is 0 Å². The first-order valence-corrected chi connectivity index (χ1v) is 23.5. The number of likely N-dealkylation sites (N-methyl/N-ethyl adjacent to an activating group) is 1. The van der Waals surface area contributed by atoms with Crippen molar-refractivity contribution >= 4 is 59.3 Å². The van der Waals surface area contributed by atoms with E-state index in [1.165, 1.54) is 33.9 Å². The summed E-state index contributed by atoms with van der Waals surface area (Å²) >= 11 is 0. The number of methoxy groups -OCH3 is 1. The highest BCUT2D eigenvalue weighted by molar-refractivity contribution is 5.99. The molecular formula is C49H76N10O13. The summed E-state index contributed by atoms with van der Waals surface area (Å²) in [5.74, 6) is -12.6. The van der Waals surface area contributed by atoms with E-state index >= 15 is 0 Å². The fourth-order valence-electron chi connectivity index (χ4n) is 7.07. The van der Waals surface area contributed by atoms with Gasteiger partial charge in [0.25, 0.3) is 5.91 Å². The van der Waals surface area contributed by atoms with Crippen LogP contribution in [0.4, 0.5) is 0 Å². The summed E-state index contributed by atoms with van der Waals surface area (Å²) in [7, 11) is 2.79. The molecule has 0 aliphatic rings. The van der Waals surface area contributed by atoms with Crippen LogP contribution in [0.3, 0.4) is 0 Å². The van der Waals surface area contributed by atoms with Crippen molar-refractivity contribution in [3.05, 3.63) is 72.0 Å². The van der Waals surface area contributed by atoms with Crippen LogP contribution in [0.2, 0.25) is 0 Å². The van der Waals surface area contributed by atoms with E-state index in [2.05, 4.69) is 38.2 Å². The van der Waals surface area contributed by atoms with Gasteiger partial charge < -0.3 is 68.7 Å². The van der Waals surface area contributed by atoms with Gasteiger partial charge in [0.05, 0.1) is 30.0 Å². The zero-order valence-electron chi connectivity index (χ0n) is 42.7. The number of allylic oxidation sites excluding steroid dienone is 2. The Morgan fingerprint density at radius 1 is 0.778 bits per heavy atom. The Kier molecular flexibility index (Phi) is 27.3. The number of carbonyl (C=O) groups excluding carboxylic acids is 6. The second-order valence-electron chi connectivity index (χ2n) is 18.1. The molecule has 1 rings (SSSR count). The van der Waals surface area contributed by atoms with Crippen LogP contribution < -0.4 is 43.8 Å². The van der Waals surface area contributed by atoms with Crippen molar-refractivity contribution in [1.82, 2.24) is 31.5 Å². The number of rotatable bonds is 32.